The summed E-state index contributed by atoms with van der Waals surface area (Å²) in [6.07, 6.45) is 0.892. The molecule has 0 aliphatic heterocycles. The number of amides is 2. The number of carbonyl (C=O) groups is 1. The van der Waals surface area contributed by atoms with Gasteiger partial charge in [-0.1, -0.05) is 38.1 Å². The molecule has 2 N–H and O–H groups in total. The summed E-state index contributed by atoms with van der Waals surface area (Å²) in [6.45, 7) is 6.67. The Morgan fingerprint density at radius 1 is 1.35 bits per heavy atom. The van der Waals surface area contributed by atoms with E-state index in [-0.39, 0.29) is 18.7 Å². The third-order valence-corrected chi connectivity index (χ3v) is 3.35. The standard InChI is InChI=1S/C16H26N2O2/c1-12(2)11-15(14-8-6-5-7-13(14)3)17-16(20)18(4)9-10-19/h5-8,12,15,19H,9-11H2,1-4H3,(H,17,20). The van der Waals surface area contributed by atoms with Crippen molar-refractivity contribution in [1.82, 2.24) is 10.2 Å². The molecule has 1 rings (SSSR count). The van der Waals surface area contributed by atoms with Gasteiger partial charge in [0.05, 0.1) is 12.6 Å². The summed E-state index contributed by atoms with van der Waals surface area (Å²) in [6, 6.07) is 7.99. The third-order valence-electron chi connectivity index (χ3n) is 3.35. The van der Waals surface area contributed by atoms with Crippen LogP contribution in [0, 0.1) is 12.8 Å². The van der Waals surface area contributed by atoms with Crippen LogP contribution in [0.3, 0.4) is 0 Å². The van der Waals surface area contributed by atoms with Crippen LogP contribution in [0.2, 0.25) is 0 Å². The Morgan fingerprint density at radius 3 is 2.55 bits per heavy atom. The number of hydrogen-bond acceptors (Lipinski definition) is 2. The van der Waals surface area contributed by atoms with Crippen molar-refractivity contribution >= 4 is 6.03 Å². The zero-order chi connectivity index (χ0) is 15.1. The molecule has 0 saturated heterocycles. The molecule has 0 saturated carbocycles. The van der Waals surface area contributed by atoms with Crippen LogP contribution in [0.1, 0.15) is 37.4 Å². The molecule has 20 heavy (non-hydrogen) atoms. The minimum atomic E-state index is -0.145. The molecular formula is C16H26N2O2. The number of urea groups is 1. The monoisotopic (exact) mass is 278 g/mol. The first-order valence-corrected chi connectivity index (χ1v) is 7.13. The lowest BCUT2D eigenvalue weighted by Gasteiger charge is -2.26. The lowest BCUT2D eigenvalue weighted by Crippen LogP contribution is -2.41. The third kappa shape index (κ3) is 4.85. The van der Waals surface area contributed by atoms with E-state index in [1.807, 2.05) is 12.1 Å². The molecule has 1 atom stereocenters. The van der Waals surface area contributed by atoms with Crippen LogP contribution in [-0.2, 0) is 0 Å². The van der Waals surface area contributed by atoms with Gasteiger partial charge < -0.3 is 15.3 Å². The Kier molecular flexibility index (Phi) is 6.52. The molecule has 112 valence electrons. The number of likely N-dealkylation sites (N-methyl/N-ethyl adjacent to an activating group) is 1. The van der Waals surface area contributed by atoms with Gasteiger partial charge in [-0.25, -0.2) is 4.79 Å². The van der Waals surface area contributed by atoms with Crippen molar-refractivity contribution in [2.24, 2.45) is 5.92 Å². The van der Waals surface area contributed by atoms with Gasteiger partial charge in [-0.3, -0.25) is 0 Å². The fourth-order valence-electron chi connectivity index (χ4n) is 2.22. The zero-order valence-corrected chi connectivity index (χ0v) is 12.9. The molecule has 0 fully saturated rings. The van der Waals surface area contributed by atoms with Crippen molar-refractivity contribution in [1.29, 1.82) is 0 Å². The molecule has 1 aromatic carbocycles. The molecule has 0 aliphatic rings. The first-order chi connectivity index (χ1) is 9.45. The Balaban J connectivity index is 2.85. The maximum absolute atomic E-state index is 12.1. The van der Waals surface area contributed by atoms with Crippen LogP contribution in [0.25, 0.3) is 0 Å². The van der Waals surface area contributed by atoms with E-state index in [0.717, 1.165) is 12.0 Å². The van der Waals surface area contributed by atoms with Crippen molar-refractivity contribution in [3.63, 3.8) is 0 Å². The molecule has 0 heterocycles. The molecule has 0 aromatic heterocycles. The van der Waals surface area contributed by atoms with E-state index >= 15 is 0 Å². The second-order valence-corrected chi connectivity index (χ2v) is 5.63. The average Bonchev–Trinajstić information content (AvgIpc) is 2.38. The van der Waals surface area contributed by atoms with Gasteiger partial charge in [-0.15, -0.1) is 0 Å². The molecule has 0 bridgehead atoms. The van der Waals surface area contributed by atoms with Gasteiger partial charge >= 0.3 is 6.03 Å². The van der Waals surface area contributed by atoms with Crippen LogP contribution < -0.4 is 5.32 Å². The number of aryl methyl sites for hydroxylation is 1. The van der Waals surface area contributed by atoms with Crippen molar-refractivity contribution in [3.8, 4) is 0 Å². The highest BCUT2D eigenvalue weighted by atomic mass is 16.3. The van der Waals surface area contributed by atoms with Crippen molar-refractivity contribution < 1.29 is 9.90 Å². The molecular weight excluding hydrogens is 252 g/mol. The van der Waals surface area contributed by atoms with Crippen LogP contribution >= 0.6 is 0 Å². The largest absolute Gasteiger partial charge is 0.395 e. The molecule has 0 radical (unpaired) electrons. The minimum Gasteiger partial charge on any atom is -0.395 e. The first-order valence-electron chi connectivity index (χ1n) is 7.13. The molecule has 4 heteroatoms. The Morgan fingerprint density at radius 2 is 2.00 bits per heavy atom. The number of carbonyl (C=O) groups excluding carboxylic acids is 1. The van der Waals surface area contributed by atoms with E-state index in [2.05, 4.69) is 38.2 Å². The van der Waals surface area contributed by atoms with Gasteiger partial charge in [-0.05, 0) is 30.4 Å². The molecule has 2 amide bonds. The second kappa shape index (κ2) is 7.90. The fraction of sp³-hybridized carbons (Fsp3) is 0.562. The van der Waals surface area contributed by atoms with Gasteiger partial charge in [0.2, 0.25) is 0 Å². The zero-order valence-electron chi connectivity index (χ0n) is 12.9. The predicted octanol–water partition coefficient (Wildman–Crippen LogP) is 2.72. The number of hydrogen-bond donors (Lipinski definition) is 2. The highest BCUT2D eigenvalue weighted by Crippen LogP contribution is 2.24. The lowest BCUT2D eigenvalue weighted by atomic mass is 9.94. The Hall–Kier alpha value is -1.55. The summed E-state index contributed by atoms with van der Waals surface area (Å²) in [5.74, 6) is 0.489. The summed E-state index contributed by atoms with van der Waals surface area (Å²) < 4.78 is 0. The smallest absolute Gasteiger partial charge is 0.317 e. The molecule has 1 unspecified atom stereocenters. The summed E-state index contributed by atoms with van der Waals surface area (Å²) in [5, 5.41) is 12.0. The van der Waals surface area contributed by atoms with E-state index < -0.39 is 0 Å². The first kappa shape index (κ1) is 16.5. The lowest BCUT2D eigenvalue weighted by molar-refractivity contribution is 0.185. The number of benzene rings is 1. The minimum absolute atomic E-state index is 0.00448. The van der Waals surface area contributed by atoms with Gasteiger partial charge in [-0.2, -0.15) is 0 Å². The van der Waals surface area contributed by atoms with Crippen LogP contribution in [0.15, 0.2) is 24.3 Å². The maximum atomic E-state index is 12.1. The van der Waals surface area contributed by atoms with Crippen molar-refractivity contribution in [2.45, 2.75) is 33.2 Å². The second-order valence-electron chi connectivity index (χ2n) is 5.63. The van der Waals surface area contributed by atoms with Crippen LogP contribution in [-0.4, -0.2) is 36.2 Å². The van der Waals surface area contributed by atoms with Gasteiger partial charge in [0.1, 0.15) is 0 Å². The SMILES string of the molecule is Cc1ccccc1C(CC(C)C)NC(=O)N(C)CCO. The molecule has 1 aromatic rings. The summed E-state index contributed by atoms with van der Waals surface area (Å²) in [5.41, 5.74) is 2.34. The van der Waals surface area contributed by atoms with Crippen LogP contribution in [0.5, 0.6) is 0 Å². The van der Waals surface area contributed by atoms with E-state index in [0.29, 0.717) is 12.5 Å². The topological polar surface area (TPSA) is 52.6 Å². The Bertz CT molecular complexity index is 432. The van der Waals surface area contributed by atoms with Crippen molar-refractivity contribution in [3.05, 3.63) is 35.4 Å². The summed E-state index contributed by atoms with van der Waals surface area (Å²) in [7, 11) is 1.69. The van der Waals surface area contributed by atoms with Crippen LogP contribution in [0.4, 0.5) is 4.79 Å². The maximum Gasteiger partial charge on any atom is 0.317 e. The predicted molar refractivity (Wildman–Crippen MR) is 81.6 cm³/mol. The number of aliphatic hydroxyl groups is 1. The average molecular weight is 278 g/mol. The van der Waals surface area contributed by atoms with Gasteiger partial charge in [0.25, 0.3) is 0 Å². The number of nitrogens with zero attached hydrogens (tertiary/aromatic N) is 1. The van der Waals surface area contributed by atoms with E-state index in [1.165, 1.54) is 10.5 Å². The Labute approximate surface area is 121 Å². The fourth-order valence-corrected chi connectivity index (χ4v) is 2.22. The number of aliphatic hydroxyl groups excluding tert-OH is 1. The number of nitrogens with one attached hydrogen (secondary N) is 1. The number of rotatable bonds is 6. The summed E-state index contributed by atoms with van der Waals surface area (Å²) in [4.78, 5) is 13.6. The van der Waals surface area contributed by atoms with Gasteiger partial charge in [0, 0.05) is 13.6 Å². The molecule has 0 aliphatic carbocycles. The van der Waals surface area contributed by atoms with Gasteiger partial charge in [0.15, 0.2) is 0 Å². The van der Waals surface area contributed by atoms with E-state index in [1.54, 1.807) is 7.05 Å². The highest BCUT2D eigenvalue weighted by molar-refractivity contribution is 5.74. The van der Waals surface area contributed by atoms with E-state index in [9.17, 15) is 4.79 Å². The summed E-state index contributed by atoms with van der Waals surface area (Å²) >= 11 is 0. The molecule has 0 spiro atoms. The normalized spacial score (nSPS) is 12.3. The molecule has 4 nitrogen and oxygen atoms in total. The quantitative estimate of drug-likeness (QED) is 0.840. The van der Waals surface area contributed by atoms with Crippen molar-refractivity contribution in [2.75, 3.05) is 20.2 Å². The highest BCUT2D eigenvalue weighted by Gasteiger charge is 2.19. The van der Waals surface area contributed by atoms with E-state index in [4.69, 9.17) is 5.11 Å².